The van der Waals surface area contributed by atoms with E-state index in [-0.39, 0.29) is 23.8 Å². The number of anilines is 1. The number of nitrogens with one attached hydrogen (secondary N) is 2. The molecule has 22 heavy (non-hydrogen) atoms. The summed E-state index contributed by atoms with van der Waals surface area (Å²) in [5.74, 6) is 0.316. The first-order chi connectivity index (χ1) is 10.4. The van der Waals surface area contributed by atoms with Crippen LogP contribution in [0.3, 0.4) is 0 Å². The number of rotatable bonds is 3. The van der Waals surface area contributed by atoms with E-state index >= 15 is 0 Å². The van der Waals surface area contributed by atoms with Crippen LogP contribution in [0.2, 0.25) is 0 Å². The van der Waals surface area contributed by atoms with Crippen molar-refractivity contribution in [3.63, 3.8) is 0 Å². The fourth-order valence-corrected chi connectivity index (χ4v) is 2.67. The number of hydrogen-bond donors (Lipinski definition) is 2. The zero-order valence-corrected chi connectivity index (χ0v) is 13.5. The van der Waals surface area contributed by atoms with Crippen LogP contribution in [0.4, 0.5) is 5.69 Å². The van der Waals surface area contributed by atoms with Gasteiger partial charge >= 0.3 is 0 Å². The molecule has 2 atom stereocenters. The topological polar surface area (TPSA) is 70.7 Å². The molecule has 0 saturated carbocycles. The van der Waals surface area contributed by atoms with Crippen LogP contribution in [0.1, 0.15) is 24.2 Å². The van der Waals surface area contributed by atoms with E-state index in [1.807, 2.05) is 7.05 Å². The second-order valence-corrected chi connectivity index (χ2v) is 5.74. The smallest absolute Gasteiger partial charge is 0.257 e. The molecule has 1 aromatic rings. The molecule has 120 valence electrons. The lowest BCUT2D eigenvalue weighted by atomic mass is 10.0. The van der Waals surface area contributed by atoms with E-state index in [9.17, 15) is 9.59 Å². The second-order valence-electron chi connectivity index (χ2n) is 5.74. The number of benzene rings is 1. The summed E-state index contributed by atoms with van der Waals surface area (Å²) in [6, 6.07) is 5.22. The Bertz CT molecular complexity index is 574. The molecule has 0 aromatic heterocycles. The fraction of sp³-hybridized carbons (Fsp3) is 0.500. The Morgan fingerprint density at radius 1 is 1.45 bits per heavy atom. The van der Waals surface area contributed by atoms with Gasteiger partial charge in [0.05, 0.1) is 11.3 Å². The molecular weight excluding hydrogens is 282 g/mol. The third-order valence-electron chi connectivity index (χ3n) is 3.77. The monoisotopic (exact) mass is 305 g/mol. The van der Waals surface area contributed by atoms with Crippen molar-refractivity contribution in [1.82, 2.24) is 10.2 Å². The van der Waals surface area contributed by atoms with Gasteiger partial charge in [0.2, 0.25) is 5.91 Å². The molecule has 0 aliphatic carbocycles. The summed E-state index contributed by atoms with van der Waals surface area (Å²) in [7, 11) is 3.65. The number of amides is 2. The van der Waals surface area contributed by atoms with Crippen LogP contribution in [0.5, 0.6) is 5.75 Å². The largest absolute Gasteiger partial charge is 0.486 e. The van der Waals surface area contributed by atoms with Gasteiger partial charge in [0.1, 0.15) is 6.10 Å². The van der Waals surface area contributed by atoms with E-state index < -0.39 is 0 Å². The normalized spacial score (nSPS) is 21.5. The van der Waals surface area contributed by atoms with E-state index in [2.05, 4.69) is 17.6 Å². The number of carbonyl (C=O) groups excluding carboxylic acids is 2. The van der Waals surface area contributed by atoms with Gasteiger partial charge in [-0.25, -0.2) is 0 Å². The molecule has 2 N–H and O–H groups in total. The van der Waals surface area contributed by atoms with Crippen molar-refractivity contribution in [3.05, 3.63) is 23.8 Å². The van der Waals surface area contributed by atoms with Crippen molar-refractivity contribution in [2.75, 3.05) is 32.5 Å². The predicted octanol–water partition coefficient (Wildman–Crippen LogP) is 1.33. The van der Waals surface area contributed by atoms with Crippen LogP contribution in [0, 0.1) is 5.92 Å². The minimum absolute atomic E-state index is 0.0887. The van der Waals surface area contributed by atoms with E-state index in [0.717, 1.165) is 0 Å². The average Bonchev–Trinajstić information content (AvgIpc) is 2.45. The highest BCUT2D eigenvalue weighted by molar-refractivity contribution is 6.01. The molecule has 0 bridgehead atoms. The van der Waals surface area contributed by atoms with Crippen molar-refractivity contribution in [3.8, 4) is 5.75 Å². The van der Waals surface area contributed by atoms with Gasteiger partial charge in [0.15, 0.2) is 5.75 Å². The highest BCUT2D eigenvalue weighted by Crippen LogP contribution is 2.33. The molecule has 0 saturated heterocycles. The highest BCUT2D eigenvalue weighted by Gasteiger charge is 2.30. The van der Waals surface area contributed by atoms with Crippen LogP contribution in [-0.2, 0) is 4.79 Å². The van der Waals surface area contributed by atoms with Gasteiger partial charge in [0.25, 0.3) is 5.91 Å². The van der Waals surface area contributed by atoms with Crippen LogP contribution in [-0.4, -0.2) is 50.0 Å². The molecule has 1 heterocycles. The van der Waals surface area contributed by atoms with Gasteiger partial charge in [-0.3, -0.25) is 9.59 Å². The van der Waals surface area contributed by atoms with Gasteiger partial charge in [-0.05, 0) is 19.2 Å². The van der Waals surface area contributed by atoms with Crippen molar-refractivity contribution < 1.29 is 14.3 Å². The van der Waals surface area contributed by atoms with Crippen molar-refractivity contribution in [2.45, 2.75) is 20.0 Å². The second kappa shape index (κ2) is 6.79. The Kier molecular flexibility index (Phi) is 5.03. The Hall–Kier alpha value is -2.08. The third-order valence-corrected chi connectivity index (χ3v) is 3.77. The Morgan fingerprint density at radius 3 is 2.82 bits per heavy atom. The molecule has 0 radical (unpaired) electrons. The molecule has 2 rings (SSSR count). The van der Waals surface area contributed by atoms with Gasteiger partial charge in [-0.2, -0.15) is 0 Å². The first-order valence-electron chi connectivity index (χ1n) is 7.41. The van der Waals surface area contributed by atoms with E-state index in [0.29, 0.717) is 30.1 Å². The number of para-hydroxylation sites is 1. The predicted molar refractivity (Wildman–Crippen MR) is 85.2 cm³/mol. The van der Waals surface area contributed by atoms with Crippen molar-refractivity contribution in [1.29, 1.82) is 0 Å². The quantitative estimate of drug-likeness (QED) is 0.884. The fourth-order valence-electron chi connectivity index (χ4n) is 2.67. The minimum Gasteiger partial charge on any atom is -0.486 e. The highest BCUT2D eigenvalue weighted by atomic mass is 16.5. The van der Waals surface area contributed by atoms with Crippen LogP contribution >= 0.6 is 0 Å². The summed E-state index contributed by atoms with van der Waals surface area (Å²) in [6.07, 6.45) is -0.0887. The van der Waals surface area contributed by atoms with Gasteiger partial charge in [0, 0.05) is 33.0 Å². The maximum absolute atomic E-state index is 12.6. The molecule has 2 amide bonds. The maximum Gasteiger partial charge on any atom is 0.257 e. The summed E-state index contributed by atoms with van der Waals surface area (Å²) in [6.45, 7) is 4.77. The molecule has 0 fully saturated rings. The summed E-state index contributed by atoms with van der Waals surface area (Å²) in [5.41, 5.74) is 1.00. The SMILES string of the molecule is CNC[C@@H]1Oc2c(NC(C)=O)cccc2C(=O)N(C)C[C@H]1C. The molecule has 0 unspecified atom stereocenters. The number of ether oxygens (including phenoxy) is 1. The van der Waals surface area contributed by atoms with Crippen LogP contribution < -0.4 is 15.4 Å². The number of fused-ring (bicyclic) bond motifs is 1. The maximum atomic E-state index is 12.6. The summed E-state index contributed by atoms with van der Waals surface area (Å²) < 4.78 is 6.12. The first kappa shape index (κ1) is 16.3. The molecule has 1 aromatic carbocycles. The first-order valence-corrected chi connectivity index (χ1v) is 7.41. The van der Waals surface area contributed by atoms with Crippen LogP contribution in [0.25, 0.3) is 0 Å². The number of hydrogen-bond acceptors (Lipinski definition) is 4. The van der Waals surface area contributed by atoms with Gasteiger partial charge < -0.3 is 20.3 Å². The standard InChI is InChI=1S/C16H23N3O3/c1-10-9-19(4)16(21)12-6-5-7-13(18-11(2)20)15(12)22-14(10)8-17-3/h5-7,10,14,17H,8-9H2,1-4H3,(H,18,20)/t10-,14+/m1/s1. The lowest BCUT2D eigenvalue weighted by Crippen LogP contribution is -2.44. The van der Waals surface area contributed by atoms with Crippen molar-refractivity contribution >= 4 is 17.5 Å². The Morgan fingerprint density at radius 2 is 2.18 bits per heavy atom. The molecule has 1 aliphatic rings. The molecule has 6 nitrogen and oxygen atoms in total. The van der Waals surface area contributed by atoms with Gasteiger partial charge in [-0.15, -0.1) is 0 Å². The molecular formula is C16H23N3O3. The van der Waals surface area contributed by atoms with E-state index in [4.69, 9.17) is 4.74 Å². The van der Waals surface area contributed by atoms with Crippen molar-refractivity contribution in [2.24, 2.45) is 5.92 Å². The van der Waals surface area contributed by atoms with E-state index in [1.54, 1.807) is 30.1 Å². The Labute approximate surface area is 130 Å². The lowest BCUT2D eigenvalue weighted by Gasteiger charge is -2.33. The summed E-state index contributed by atoms with van der Waals surface area (Å²) in [5, 5.41) is 5.86. The minimum atomic E-state index is -0.196. The van der Waals surface area contributed by atoms with E-state index in [1.165, 1.54) is 6.92 Å². The third kappa shape index (κ3) is 3.39. The average molecular weight is 305 g/mol. The zero-order chi connectivity index (χ0) is 16.3. The Balaban J connectivity index is 2.49. The van der Waals surface area contributed by atoms with Crippen LogP contribution in [0.15, 0.2) is 18.2 Å². The number of carbonyl (C=O) groups is 2. The number of likely N-dealkylation sites (N-methyl/N-ethyl adjacent to an activating group) is 1. The number of nitrogens with zero attached hydrogens (tertiary/aromatic N) is 1. The summed E-state index contributed by atoms with van der Waals surface area (Å²) >= 11 is 0. The molecule has 6 heteroatoms. The molecule has 1 aliphatic heterocycles. The zero-order valence-electron chi connectivity index (χ0n) is 13.5. The summed E-state index contributed by atoms with van der Waals surface area (Å²) in [4.78, 5) is 25.7. The van der Waals surface area contributed by atoms with Gasteiger partial charge in [-0.1, -0.05) is 13.0 Å². The lowest BCUT2D eigenvalue weighted by molar-refractivity contribution is -0.114. The molecule has 0 spiro atoms.